The number of rotatable bonds is 10. The molecule has 0 aromatic heterocycles. The van der Waals surface area contributed by atoms with Crippen LogP contribution in [0.4, 0.5) is 0 Å². The molecule has 0 saturated carbocycles. The first kappa shape index (κ1) is 22.9. The molecule has 2 heterocycles. The lowest BCUT2D eigenvalue weighted by Gasteiger charge is -2.16. The first-order valence-electron chi connectivity index (χ1n) is 12.3. The quantitative estimate of drug-likeness (QED) is 0.455. The summed E-state index contributed by atoms with van der Waals surface area (Å²) in [6, 6.07) is 17.0. The molecule has 0 N–H and O–H groups in total. The van der Waals surface area contributed by atoms with Crippen molar-refractivity contribution in [1.29, 1.82) is 0 Å². The van der Waals surface area contributed by atoms with Crippen molar-refractivity contribution >= 4 is 11.1 Å². The number of ether oxygens (including phenoxy) is 2. The highest BCUT2D eigenvalue weighted by Crippen LogP contribution is 2.28. The molecule has 4 rings (SSSR count). The summed E-state index contributed by atoms with van der Waals surface area (Å²) in [7, 11) is 0. The van der Waals surface area contributed by atoms with Crippen molar-refractivity contribution in [1.82, 2.24) is 9.80 Å². The van der Waals surface area contributed by atoms with Crippen LogP contribution in [0.2, 0.25) is 0 Å². The van der Waals surface area contributed by atoms with Crippen molar-refractivity contribution in [3.05, 3.63) is 59.7 Å². The Morgan fingerprint density at radius 2 is 0.938 bits per heavy atom. The molecule has 2 aromatic carbocycles. The third-order valence-corrected chi connectivity index (χ3v) is 6.89. The minimum Gasteiger partial charge on any atom is -0.492 e. The molecule has 0 spiro atoms. The zero-order valence-corrected chi connectivity index (χ0v) is 19.8. The summed E-state index contributed by atoms with van der Waals surface area (Å²) in [6.07, 6.45) is 5.31. The molecule has 2 aliphatic rings. The highest BCUT2D eigenvalue weighted by molar-refractivity contribution is 5.89. The third-order valence-electron chi connectivity index (χ3n) is 6.89. The maximum atomic E-state index is 5.95. The van der Waals surface area contributed by atoms with E-state index in [9.17, 15) is 0 Å². The van der Waals surface area contributed by atoms with Crippen LogP contribution in [0.5, 0.6) is 11.5 Å². The average molecular weight is 435 g/mol. The molecule has 2 aromatic rings. The highest BCUT2D eigenvalue weighted by Gasteiger charge is 2.12. The van der Waals surface area contributed by atoms with E-state index in [0.29, 0.717) is 0 Å². The predicted octanol–water partition coefficient (Wildman–Crippen LogP) is 5.59. The Kier molecular flexibility index (Phi) is 8.24. The molecule has 0 bridgehead atoms. The SMILES string of the molecule is C/C(=C(/C)c1ccc(OCCN2CCCC2)cc1)c1ccc(OCCN2CCCC2)cc1. The standard InChI is InChI=1S/C28H38N2O2/c1-23(25-7-11-27(12-8-25)31-21-19-29-15-3-4-16-29)24(2)26-9-13-28(14-10-26)32-22-20-30-17-5-6-18-30/h7-14H,3-6,15-22H2,1-2H3/b24-23+. The van der Waals surface area contributed by atoms with Crippen LogP contribution >= 0.6 is 0 Å². The van der Waals surface area contributed by atoms with E-state index >= 15 is 0 Å². The molecule has 4 heteroatoms. The second kappa shape index (κ2) is 11.5. The molecular weight excluding hydrogens is 396 g/mol. The topological polar surface area (TPSA) is 24.9 Å². The van der Waals surface area contributed by atoms with Crippen molar-refractivity contribution in [3.63, 3.8) is 0 Å². The molecule has 0 atom stereocenters. The summed E-state index contributed by atoms with van der Waals surface area (Å²) in [4.78, 5) is 4.96. The third kappa shape index (κ3) is 6.36. The predicted molar refractivity (Wildman–Crippen MR) is 133 cm³/mol. The molecule has 0 aliphatic carbocycles. The van der Waals surface area contributed by atoms with Crippen LogP contribution in [0.25, 0.3) is 11.1 Å². The molecule has 172 valence electrons. The molecule has 0 amide bonds. The van der Waals surface area contributed by atoms with Crippen LogP contribution in [0, 0.1) is 0 Å². The fourth-order valence-corrected chi connectivity index (χ4v) is 4.63. The van der Waals surface area contributed by atoms with Gasteiger partial charge in [-0.3, -0.25) is 9.80 Å². The van der Waals surface area contributed by atoms with Gasteiger partial charge in [0.15, 0.2) is 0 Å². The lowest BCUT2D eigenvalue weighted by Crippen LogP contribution is -2.25. The Balaban J connectivity index is 1.28. The van der Waals surface area contributed by atoms with E-state index in [4.69, 9.17) is 9.47 Å². The number of allylic oxidation sites excluding steroid dienone is 2. The number of nitrogens with zero attached hydrogens (tertiary/aromatic N) is 2. The largest absolute Gasteiger partial charge is 0.492 e. The van der Waals surface area contributed by atoms with Crippen LogP contribution in [-0.2, 0) is 0 Å². The van der Waals surface area contributed by atoms with Crippen LogP contribution in [0.1, 0.15) is 50.7 Å². The van der Waals surface area contributed by atoms with Gasteiger partial charge in [0.25, 0.3) is 0 Å². The van der Waals surface area contributed by atoms with E-state index in [1.165, 1.54) is 74.1 Å². The average Bonchev–Trinajstić information content (AvgIpc) is 3.54. The fourth-order valence-electron chi connectivity index (χ4n) is 4.63. The molecule has 32 heavy (non-hydrogen) atoms. The van der Waals surface area contributed by atoms with Gasteiger partial charge in [-0.2, -0.15) is 0 Å². The van der Waals surface area contributed by atoms with Gasteiger partial charge in [-0.25, -0.2) is 0 Å². The monoisotopic (exact) mass is 434 g/mol. The van der Waals surface area contributed by atoms with Gasteiger partial charge in [0.2, 0.25) is 0 Å². The van der Waals surface area contributed by atoms with E-state index in [1.54, 1.807) is 0 Å². The summed E-state index contributed by atoms with van der Waals surface area (Å²) < 4.78 is 11.9. The van der Waals surface area contributed by atoms with Gasteiger partial charge in [0.05, 0.1) is 0 Å². The molecule has 4 nitrogen and oxygen atoms in total. The Labute approximate surface area is 193 Å². The summed E-state index contributed by atoms with van der Waals surface area (Å²) in [5.41, 5.74) is 5.05. The Morgan fingerprint density at radius 1 is 0.594 bits per heavy atom. The normalized spacial score (nSPS) is 18.1. The molecule has 0 radical (unpaired) electrons. The van der Waals surface area contributed by atoms with Crippen LogP contribution < -0.4 is 9.47 Å². The van der Waals surface area contributed by atoms with Gasteiger partial charge in [-0.05, 0) is 112 Å². The van der Waals surface area contributed by atoms with Gasteiger partial charge in [-0.15, -0.1) is 0 Å². The first-order chi connectivity index (χ1) is 15.7. The number of likely N-dealkylation sites (tertiary alicyclic amines) is 2. The molecule has 0 unspecified atom stereocenters. The lowest BCUT2D eigenvalue weighted by molar-refractivity contribution is 0.237. The van der Waals surface area contributed by atoms with Crippen LogP contribution in [0.15, 0.2) is 48.5 Å². The minimum atomic E-state index is 0.764. The van der Waals surface area contributed by atoms with E-state index in [-0.39, 0.29) is 0 Å². The van der Waals surface area contributed by atoms with E-state index < -0.39 is 0 Å². The van der Waals surface area contributed by atoms with Gasteiger partial charge in [0.1, 0.15) is 24.7 Å². The summed E-state index contributed by atoms with van der Waals surface area (Å²) in [6.45, 7) is 12.8. The Morgan fingerprint density at radius 3 is 1.28 bits per heavy atom. The Bertz CT molecular complexity index is 788. The van der Waals surface area contributed by atoms with E-state index in [1.807, 2.05) is 0 Å². The molecule has 2 saturated heterocycles. The maximum Gasteiger partial charge on any atom is 0.119 e. The Hall–Kier alpha value is -2.30. The maximum absolute atomic E-state index is 5.95. The van der Waals surface area contributed by atoms with Crippen molar-refractivity contribution in [2.75, 3.05) is 52.5 Å². The zero-order chi connectivity index (χ0) is 22.2. The van der Waals surface area contributed by atoms with Crippen LogP contribution in [-0.4, -0.2) is 62.3 Å². The van der Waals surface area contributed by atoms with Crippen molar-refractivity contribution < 1.29 is 9.47 Å². The van der Waals surface area contributed by atoms with Crippen LogP contribution in [0.3, 0.4) is 0 Å². The summed E-state index contributed by atoms with van der Waals surface area (Å²) in [5.74, 6) is 1.91. The highest BCUT2D eigenvalue weighted by atomic mass is 16.5. The van der Waals surface area contributed by atoms with Crippen molar-refractivity contribution in [3.8, 4) is 11.5 Å². The van der Waals surface area contributed by atoms with E-state index in [0.717, 1.165) is 37.8 Å². The first-order valence-corrected chi connectivity index (χ1v) is 12.3. The summed E-state index contributed by atoms with van der Waals surface area (Å²) >= 11 is 0. The molecular formula is C28H38N2O2. The fraction of sp³-hybridized carbons (Fsp3) is 0.500. The van der Waals surface area contributed by atoms with Gasteiger partial charge in [0, 0.05) is 13.1 Å². The van der Waals surface area contributed by atoms with Gasteiger partial charge < -0.3 is 9.47 Å². The lowest BCUT2D eigenvalue weighted by atomic mass is 9.97. The molecule has 2 fully saturated rings. The van der Waals surface area contributed by atoms with Crippen molar-refractivity contribution in [2.45, 2.75) is 39.5 Å². The van der Waals surface area contributed by atoms with Gasteiger partial charge >= 0.3 is 0 Å². The van der Waals surface area contributed by atoms with Crippen molar-refractivity contribution in [2.24, 2.45) is 0 Å². The minimum absolute atomic E-state index is 0.764. The smallest absolute Gasteiger partial charge is 0.119 e. The number of benzene rings is 2. The van der Waals surface area contributed by atoms with E-state index in [2.05, 4.69) is 72.2 Å². The van der Waals surface area contributed by atoms with Gasteiger partial charge in [-0.1, -0.05) is 24.3 Å². The second-order valence-corrected chi connectivity index (χ2v) is 9.09. The summed E-state index contributed by atoms with van der Waals surface area (Å²) in [5, 5.41) is 0. The molecule has 2 aliphatic heterocycles. The zero-order valence-electron chi connectivity index (χ0n) is 19.8. The number of hydrogen-bond acceptors (Lipinski definition) is 4. The number of hydrogen-bond donors (Lipinski definition) is 0. The second-order valence-electron chi connectivity index (χ2n) is 9.09.